The van der Waals surface area contributed by atoms with Crippen LogP contribution in [0.5, 0.6) is 0 Å². The highest BCUT2D eigenvalue weighted by Crippen LogP contribution is 2.12. The molecule has 0 radical (unpaired) electrons. The largest absolute Gasteiger partial charge is 0.308 e. The van der Waals surface area contributed by atoms with Crippen molar-refractivity contribution in [2.24, 2.45) is 0 Å². The number of nitrogens with one attached hydrogen (secondary N) is 1. The molecule has 0 bridgehead atoms. The van der Waals surface area contributed by atoms with E-state index in [0.29, 0.717) is 0 Å². The summed E-state index contributed by atoms with van der Waals surface area (Å²) in [5, 5.41) is 7.16. The highest BCUT2D eigenvalue weighted by molar-refractivity contribution is 6.08. The molecule has 0 aromatic heterocycles. The van der Waals surface area contributed by atoms with Gasteiger partial charge in [0.2, 0.25) is 0 Å². The van der Waals surface area contributed by atoms with Gasteiger partial charge in [0.1, 0.15) is 0 Å². The van der Waals surface area contributed by atoms with E-state index >= 15 is 0 Å². The Kier molecular flexibility index (Phi) is 2.81. The summed E-state index contributed by atoms with van der Waals surface area (Å²) in [4.78, 5) is 0. The molecule has 0 heterocycles. The van der Waals surface area contributed by atoms with E-state index in [1.165, 1.54) is 11.8 Å². The maximum atomic E-state index is 7.16. The summed E-state index contributed by atoms with van der Waals surface area (Å²) in [6.45, 7) is 4.00. The Morgan fingerprint density at radius 1 is 1.25 bits per heavy atom. The molecule has 1 aromatic carbocycles. The maximum Gasteiger partial charge on any atom is 0.0253 e. The third-order valence-corrected chi connectivity index (χ3v) is 1.85. The van der Waals surface area contributed by atoms with Crippen LogP contribution in [0.2, 0.25) is 0 Å². The van der Waals surface area contributed by atoms with Crippen molar-refractivity contribution < 1.29 is 0 Å². The van der Waals surface area contributed by atoms with Gasteiger partial charge in [0.15, 0.2) is 0 Å². The summed E-state index contributed by atoms with van der Waals surface area (Å²) < 4.78 is 0. The normalized spacial score (nSPS) is 11.3. The van der Waals surface area contributed by atoms with E-state index in [4.69, 9.17) is 5.41 Å². The molecule has 0 unspecified atom stereocenters. The molecule has 1 heteroatoms. The van der Waals surface area contributed by atoms with Crippen molar-refractivity contribution in [3.05, 3.63) is 41.5 Å². The van der Waals surface area contributed by atoms with Gasteiger partial charge in [-0.15, -0.1) is 0 Å². The summed E-state index contributed by atoms with van der Waals surface area (Å²) in [6, 6.07) is 8.19. The van der Waals surface area contributed by atoms with Crippen molar-refractivity contribution in [3.8, 4) is 0 Å². The van der Waals surface area contributed by atoms with Crippen LogP contribution >= 0.6 is 0 Å². The van der Waals surface area contributed by atoms with E-state index in [1.807, 2.05) is 25.1 Å². The van der Waals surface area contributed by atoms with Crippen LogP contribution in [-0.4, -0.2) is 6.21 Å². The Morgan fingerprint density at radius 3 is 2.25 bits per heavy atom. The second-order valence-corrected chi connectivity index (χ2v) is 2.75. The molecule has 12 heavy (non-hydrogen) atoms. The molecule has 0 spiro atoms. The van der Waals surface area contributed by atoms with Gasteiger partial charge in [-0.3, -0.25) is 0 Å². The lowest BCUT2D eigenvalue weighted by Crippen LogP contribution is -1.84. The first-order valence-corrected chi connectivity index (χ1v) is 4.01. The van der Waals surface area contributed by atoms with Gasteiger partial charge < -0.3 is 5.41 Å². The molecule has 1 N–H and O–H groups in total. The Hall–Kier alpha value is -1.37. The maximum absolute atomic E-state index is 7.16. The van der Waals surface area contributed by atoms with Gasteiger partial charge in [0, 0.05) is 6.21 Å². The molecule has 0 amide bonds. The Bertz CT molecular complexity index is 293. The summed E-state index contributed by atoms with van der Waals surface area (Å²) in [5.41, 5.74) is 3.33. The minimum Gasteiger partial charge on any atom is -0.308 e. The minimum absolute atomic E-state index is 0.968. The van der Waals surface area contributed by atoms with Crippen LogP contribution in [0.1, 0.15) is 18.1 Å². The zero-order valence-electron chi connectivity index (χ0n) is 7.46. The fourth-order valence-electron chi connectivity index (χ4n) is 1.08. The predicted octanol–water partition coefficient (Wildman–Crippen LogP) is 3.05. The van der Waals surface area contributed by atoms with Gasteiger partial charge in [-0.05, 0) is 25.0 Å². The lowest BCUT2D eigenvalue weighted by atomic mass is 10.1. The lowest BCUT2D eigenvalue weighted by molar-refractivity contribution is 1.45. The number of hydrogen-bond acceptors (Lipinski definition) is 1. The summed E-state index contributed by atoms with van der Waals surface area (Å²) >= 11 is 0. The van der Waals surface area contributed by atoms with Crippen molar-refractivity contribution in [1.82, 2.24) is 0 Å². The number of aryl methyl sites for hydroxylation is 1. The van der Waals surface area contributed by atoms with Gasteiger partial charge in [0.25, 0.3) is 0 Å². The number of allylic oxidation sites excluding steroid dienone is 2. The van der Waals surface area contributed by atoms with Gasteiger partial charge in [-0.25, -0.2) is 0 Å². The molecule has 62 valence electrons. The quantitative estimate of drug-likeness (QED) is 0.641. The van der Waals surface area contributed by atoms with E-state index < -0.39 is 0 Å². The fourth-order valence-corrected chi connectivity index (χ4v) is 1.08. The smallest absolute Gasteiger partial charge is 0.0253 e. The van der Waals surface area contributed by atoms with Crippen molar-refractivity contribution in [1.29, 1.82) is 5.41 Å². The molecular formula is C11H13N. The first-order valence-electron chi connectivity index (χ1n) is 4.01. The molecule has 0 atom stereocenters. The molecule has 0 aliphatic heterocycles. The number of rotatable bonds is 2. The van der Waals surface area contributed by atoms with Crippen LogP contribution in [0.15, 0.2) is 30.3 Å². The number of hydrogen-bond donors (Lipinski definition) is 1. The lowest BCUT2D eigenvalue weighted by Gasteiger charge is -2.00. The monoisotopic (exact) mass is 159 g/mol. The van der Waals surface area contributed by atoms with Crippen molar-refractivity contribution >= 4 is 11.8 Å². The summed E-state index contributed by atoms with van der Waals surface area (Å²) in [5.74, 6) is 0. The predicted molar refractivity (Wildman–Crippen MR) is 53.6 cm³/mol. The van der Waals surface area contributed by atoms with Crippen LogP contribution in [0.3, 0.4) is 0 Å². The average molecular weight is 159 g/mol. The van der Waals surface area contributed by atoms with E-state index in [0.717, 1.165) is 11.1 Å². The van der Waals surface area contributed by atoms with E-state index in [9.17, 15) is 0 Å². The highest BCUT2D eigenvalue weighted by atomic mass is 14.3. The molecule has 1 aromatic rings. The number of benzene rings is 1. The molecule has 1 rings (SSSR count). The first kappa shape index (κ1) is 8.72. The van der Waals surface area contributed by atoms with E-state index in [-0.39, 0.29) is 0 Å². The van der Waals surface area contributed by atoms with Crippen LogP contribution in [-0.2, 0) is 0 Å². The Labute approximate surface area is 73.3 Å². The standard InChI is InChI=1S/C11H13N/c1-3-10(8-12)11-6-4-9(2)5-7-11/h3-8,12H,1-2H3/b10-3+,12-8?. The van der Waals surface area contributed by atoms with Gasteiger partial charge in [-0.1, -0.05) is 35.9 Å². The molecule has 0 aliphatic carbocycles. The van der Waals surface area contributed by atoms with Crippen LogP contribution < -0.4 is 0 Å². The van der Waals surface area contributed by atoms with Crippen molar-refractivity contribution in [3.63, 3.8) is 0 Å². The molecule has 0 fully saturated rings. The Morgan fingerprint density at radius 2 is 1.83 bits per heavy atom. The van der Waals surface area contributed by atoms with Crippen LogP contribution in [0, 0.1) is 12.3 Å². The second-order valence-electron chi connectivity index (χ2n) is 2.75. The second kappa shape index (κ2) is 3.86. The molecular weight excluding hydrogens is 146 g/mol. The third-order valence-electron chi connectivity index (χ3n) is 1.85. The average Bonchev–Trinajstić information content (AvgIpc) is 2.10. The third kappa shape index (κ3) is 1.82. The highest BCUT2D eigenvalue weighted by Gasteiger charge is 1.94. The SMILES string of the molecule is C/C=C(\C=N)c1ccc(C)cc1. The molecule has 0 saturated carbocycles. The van der Waals surface area contributed by atoms with Gasteiger partial charge in [-0.2, -0.15) is 0 Å². The first-order chi connectivity index (χ1) is 5.77. The summed E-state index contributed by atoms with van der Waals surface area (Å²) in [6.07, 6.45) is 3.32. The zero-order chi connectivity index (χ0) is 8.97. The van der Waals surface area contributed by atoms with Crippen molar-refractivity contribution in [2.45, 2.75) is 13.8 Å². The molecule has 0 aliphatic rings. The Balaban J connectivity index is 3.04. The van der Waals surface area contributed by atoms with Crippen LogP contribution in [0.4, 0.5) is 0 Å². The van der Waals surface area contributed by atoms with Crippen LogP contribution in [0.25, 0.3) is 5.57 Å². The molecule has 0 saturated heterocycles. The van der Waals surface area contributed by atoms with E-state index in [1.54, 1.807) is 0 Å². The topological polar surface area (TPSA) is 23.9 Å². The van der Waals surface area contributed by atoms with Gasteiger partial charge in [0.05, 0.1) is 0 Å². The van der Waals surface area contributed by atoms with Crippen molar-refractivity contribution in [2.75, 3.05) is 0 Å². The van der Waals surface area contributed by atoms with Gasteiger partial charge >= 0.3 is 0 Å². The summed E-state index contributed by atoms with van der Waals surface area (Å²) in [7, 11) is 0. The minimum atomic E-state index is 0.968. The molecule has 1 nitrogen and oxygen atoms in total. The zero-order valence-corrected chi connectivity index (χ0v) is 7.46. The fraction of sp³-hybridized carbons (Fsp3) is 0.182. The van der Waals surface area contributed by atoms with E-state index in [2.05, 4.69) is 19.1 Å².